The molecule has 0 aliphatic heterocycles. The highest BCUT2D eigenvalue weighted by molar-refractivity contribution is 7.92. The summed E-state index contributed by atoms with van der Waals surface area (Å²) in [6.45, 7) is 5.09. The van der Waals surface area contributed by atoms with Gasteiger partial charge in [-0.3, -0.25) is 13.9 Å². The first kappa shape index (κ1) is 31.6. The van der Waals surface area contributed by atoms with E-state index in [1.165, 1.54) is 17.0 Å². The van der Waals surface area contributed by atoms with E-state index in [0.717, 1.165) is 9.87 Å². The third-order valence-corrected chi connectivity index (χ3v) is 8.97. The first-order valence-corrected chi connectivity index (χ1v) is 15.6. The van der Waals surface area contributed by atoms with Gasteiger partial charge in [0, 0.05) is 18.1 Å². The normalized spacial score (nSPS) is 11.8. The number of nitrogens with one attached hydrogen (secondary N) is 1. The van der Waals surface area contributed by atoms with Crippen molar-refractivity contribution >= 4 is 39.1 Å². The Hall–Kier alpha value is -4.34. The lowest BCUT2D eigenvalue weighted by atomic mass is 10.1. The number of ether oxygens (including phenoxy) is 1. The second-order valence-electron chi connectivity index (χ2n) is 9.92. The molecular weight excluding hydrogens is 586 g/mol. The summed E-state index contributed by atoms with van der Waals surface area (Å²) >= 11 is 6.40. The highest BCUT2D eigenvalue weighted by atomic mass is 35.5. The monoisotopic (exact) mass is 619 g/mol. The van der Waals surface area contributed by atoms with Gasteiger partial charge in [0.2, 0.25) is 11.8 Å². The van der Waals surface area contributed by atoms with Crippen LogP contribution < -0.4 is 14.4 Å². The Morgan fingerprint density at radius 2 is 1.47 bits per heavy atom. The Morgan fingerprint density at radius 3 is 2.09 bits per heavy atom. The number of hydrogen-bond donors (Lipinski definition) is 1. The smallest absolute Gasteiger partial charge is 0.264 e. The number of aryl methyl sites for hydroxylation is 1. The average Bonchev–Trinajstić information content (AvgIpc) is 3.00. The molecule has 4 rings (SSSR count). The molecule has 1 atom stereocenters. The molecular formula is C33H34ClN3O5S. The first-order chi connectivity index (χ1) is 20.6. The summed E-state index contributed by atoms with van der Waals surface area (Å²) in [5.41, 5.74) is 1.78. The maximum Gasteiger partial charge on any atom is 0.264 e. The summed E-state index contributed by atoms with van der Waals surface area (Å²) in [6, 6.07) is 28.2. The molecule has 0 fully saturated rings. The molecule has 224 valence electrons. The van der Waals surface area contributed by atoms with Gasteiger partial charge in [-0.1, -0.05) is 65.7 Å². The Bertz CT molecular complexity index is 1650. The van der Waals surface area contributed by atoms with Crippen molar-refractivity contribution in [1.29, 1.82) is 0 Å². The summed E-state index contributed by atoms with van der Waals surface area (Å²) in [5.74, 6) is 0.195. The van der Waals surface area contributed by atoms with Crippen molar-refractivity contribution in [2.75, 3.05) is 17.4 Å². The zero-order valence-corrected chi connectivity index (χ0v) is 25.8. The number of para-hydroxylation sites is 1. The summed E-state index contributed by atoms with van der Waals surface area (Å²) in [5, 5.41) is 3.17. The van der Waals surface area contributed by atoms with E-state index in [2.05, 4.69) is 5.32 Å². The molecule has 0 spiro atoms. The minimum Gasteiger partial charge on any atom is -0.457 e. The molecule has 0 saturated carbocycles. The van der Waals surface area contributed by atoms with Crippen LogP contribution in [0.3, 0.4) is 0 Å². The Kier molecular flexibility index (Phi) is 10.4. The van der Waals surface area contributed by atoms with Crippen LogP contribution >= 0.6 is 11.6 Å². The Labute approximate surface area is 257 Å². The van der Waals surface area contributed by atoms with Crippen LogP contribution in [0.1, 0.15) is 25.0 Å². The van der Waals surface area contributed by atoms with Crippen molar-refractivity contribution in [3.8, 4) is 11.5 Å². The molecule has 4 aromatic carbocycles. The van der Waals surface area contributed by atoms with Gasteiger partial charge in [-0.25, -0.2) is 8.42 Å². The molecule has 0 aromatic heterocycles. The van der Waals surface area contributed by atoms with Crippen molar-refractivity contribution in [2.45, 2.75) is 38.3 Å². The predicted molar refractivity (Wildman–Crippen MR) is 169 cm³/mol. The maximum absolute atomic E-state index is 14.0. The highest BCUT2D eigenvalue weighted by Gasteiger charge is 2.32. The number of likely N-dealkylation sites (N-methyl/N-ethyl adjacent to an activating group) is 1. The minimum absolute atomic E-state index is 0.0130. The number of benzene rings is 4. The summed E-state index contributed by atoms with van der Waals surface area (Å²) < 4.78 is 35.0. The molecule has 0 aliphatic carbocycles. The van der Waals surface area contributed by atoms with Gasteiger partial charge in [-0.15, -0.1) is 0 Å². The van der Waals surface area contributed by atoms with E-state index < -0.39 is 28.5 Å². The SMILES string of the molecule is CCNC(=O)C(C)N(Cc1ccccc1Cl)C(=O)CN(c1ccc(Oc2ccccc2)cc1)S(=O)(=O)c1ccc(C)cc1. The molecule has 1 unspecified atom stereocenters. The van der Waals surface area contributed by atoms with Gasteiger partial charge in [0.25, 0.3) is 10.0 Å². The molecule has 8 nitrogen and oxygen atoms in total. The van der Waals surface area contributed by atoms with Crippen LogP contribution in [0.15, 0.2) is 108 Å². The second-order valence-corrected chi connectivity index (χ2v) is 12.2. The Morgan fingerprint density at radius 1 is 0.860 bits per heavy atom. The van der Waals surface area contributed by atoms with E-state index in [1.807, 2.05) is 37.3 Å². The fourth-order valence-electron chi connectivity index (χ4n) is 4.39. The lowest BCUT2D eigenvalue weighted by Gasteiger charge is -2.32. The second kappa shape index (κ2) is 14.2. The van der Waals surface area contributed by atoms with Gasteiger partial charge < -0.3 is 15.0 Å². The fourth-order valence-corrected chi connectivity index (χ4v) is 6.00. The number of halogens is 1. The zero-order chi connectivity index (χ0) is 31.0. The minimum atomic E-state index is -4.19. The van der Waals surface area contributed by atoms with Crippen molar-refractivity contribution in [2.24, 2.45) is 0 Å². The summed E-state index contributed by atoms with van der Waals surface area (Å²) in [6.07, 6.45) is 0. The molecule has 0 saturated heterocycles. The van der Waals surface area contributed by atoms with Crippen molar-refractivity contribution in [3.05, 3.63) is 119 Å². The molecule has 2 amide bonds. The van der Waals surface area contributed by atoms with Crippen LogP contribution in [0.2, 0.25) is 5.02 Å². The third-order valence-electron chi connectivity index (χ3n) is 6.81. The van der Waals surface area contributed by atoms with Crippen LogP contribution in [-0.4, -0.2) is 44.3 Å². The summed E-state index contributed by atoms with van der Waals surface area (Å²) in [7, 11) is -4.19. The van der Waals surface area contributed by atoms with Crippen molar-refractivity contribution < 1.29 is 22.7 Å². The quantitative estimate of drug-likeness (QED) is 0.204. The number of carbonyl (C=O) groups excluding carboxylic acids is 2. The fraction of sp³-hybridized carbons (Fsp3) is 0.212. The van der Waals surface area contributed by atoms with Crippen LogP contribution in [0.25, 0.3) is 0 Å². The number of hydrogen-bond acceptors (Lipinski definition) is 5. The van der Waals surface area contributed by atoms with Crippen LogP contribution in [0.4, 0.5) is 5.69 Å². The van der Waals surface area contributed by atoms with Gasteiger partial charge in [-0.05, 0) is 80.9 Å². The highest BCUT2D eigenvalue weighted by Crippen LogP contribution is 2.29. The topological polar surface area (TPSA) is 96.0 Å². The molecule has 1 N–H and O–H groups in total. The van der Waals surface area contributed by atoms with E-state index in [-0.39, 0.29) is 23.0 Å². The maximum atomic E-state index is 14.0. The number of carbonyl (C=O) groups is 2. The largest absolute Gasteiger partial charge is 0.457 e. The van der Waals surface area contributed by atoms with Crippen molar-refractivity contribution in [3.63, 3.8) is 0 Å². The molecule has 0 radical (unpaired) electrons. The number of nitrogens with zero attached hydrogens (tertiary/aromatic N) is 2. The van der Waals surface area contributed by atoms with E-state index in [0.29, 0.717) is 28.6 Å². The molecule has 0 bridgehead atoms. The first-order valence-electron chi connectivity index (χ1n) is 13.8. The summed E-state index contributed by atoms with van der Waals surface area (Å²) in [4.78, 5) is 28.3. The molecule has 43 heavy (non-hydrogen) atoms. The van der Waals surface area contributed by atoms with E-state index in [1.54, 1.807) is 74.5 Å². The lowest BCUT2D eigenvalue weighted by Crippen LogP contribution is -2.51. The van der Waals surface area contributed by atoms with Gasteiger partial charge in [0.05, 0.1) is 10.6 Å². The van der Waals surface area contributed by atoms with Crippen molar-refractivity contribution in [1.82, 2.24) is 10.2 Å². The van der Waals surface area contributed by atoms with E-state index >= 15 is 0 Å². The van der Waals surface area contributed by atoms with Crippen LogP contribution in [-0.2, 0) is 26.2 Å². The van der Waals surface area contributed by atoms with E-state index in [9.17, 15) is 18.0 Å². The molecule has 0 heterocycles. The van der Waals surface area contributed by atoms with Crippen LogP contribution in [0.5, 0.6) is 11.5 Å². The Balaban J connectivity index is 1.71. The third kappa shape index (κ3) is 7.94. The number of rotatable bonds is 12. The molecule has 10 heteroatoms. The van der Waals surface area contributed by atoms with Crippen LogP contribution in [0, 0.1) is 6.92 Å². The standard InChI is InChI=1S/C33H34ClN3O5S/c1-4-35-33(39)25(3)36(22-26-10-8-9-13-31(26)34)32(38)23-37(43(40,41)30-20-14-24(2)15-21-30)27-16-18-29(19-17-27)42-28-11-6-5-7-12-28/h5-21,25H,4,22-23H2,1-3H3,(H,35,39). The van der Waals surface area contributed by atoms with Gasteiger partial charge in [0.1, 0.15) is 24.1 Å². The molecule has 4 aromatic rings. The van der Waals surface area contributed by atoms with Gasteiger partial charge in [-0.2, -0.15) is 0 Å². The number of anilines is 1. The van der Waals surface area contributed by atoms with Gasteiger partial charge in [0.15, 0.2) is 0 Å². The average molecular weight is 620 g/mol. The number of sulfonamides is 1. The zero-order valence-electron chi connectivity index (χ0n) is 24.2. The lowest BCUT2D eigenvalue weighted by molar-refractivity contribution is -0.139. The van der Waals surface area contributed by atoms with E-state index in [4.69, 9.17) is 16.3 Å². The molecule has 0 aliphatic rings. The van der Waals surface area contributed by atoms with Gasteiger partial charge >= 0.3 is 0 Å². The number of amides is 2. The predicted octanol–water partition coefficient (Wildman–Crippen LogP) is 6.19.